The third kappa shape index (κ3) is 2.80. The number of methoxy groups -OCH3 is 1. The van der Waals surface area contributed by atoms with Crippen LogP contribution < -0.4 is 10.1 Å². The van der Waals surface area contributed by atoms with Crippen molar-refractivity contribution in [2.24, 2.45) is 0 Å². The van der Waals surface area contributed by atoms with Gasteiger partial charge in [0.1, 0.15) is 11.5 Å². The molecule has 0 fully saturated rings. The standard InChI is InChI=1S/C18H18N6O/c1-12-9-24(11-19-12)15-6-7-16(22-18(15)25-3)21-14-5-4-8-23-10-13(2)20-17(14)23/h4-11H,1-3H3,(H,21,22). The molecule has 0 radical (unpaired) electrons. The zero-order chi connectivity index (χ0) is 17.4. The maximum absolute atomic E-state index is 5.46. The maximum Gasteiger partial charge on any atom is 0.240 e. The van der Waals surface area contributed by atoms with E-state index in [-0.39, 0.29) is 0 Å². The van der Waals surface area contributed by atoms with Crippen LogP contribution in [0.4, 0.5) is 11.5 Å². The van der Waals surface area contributed by atoms with E-state index >= 15 is 0 Å². The first-order valence-corrected chi connectivity index (χ1v) is 7.91. The normalized spacial score (nSPS) is 11.0. The molecular formula is C18H18N6O. The van der Waals surface area contributed by atoms with Crippen molar-refractivity contribution >= 4 is 17.2 Å². The first-order chi connectivity index (χ1) is 12.1. The summed E-state index contributed by atoms with van der Waals surface area (Å²) in [5, 5.41) is 3.32. The van der Waals surface area contributed by atoms with E-state index in [0.29, 0.717) is 11.7 Å². The molecule has 4 rings (SSSR count). The molecule has 0 saturated carbocycles. The van der Waals surface area contributed by atoms with E-state index in [1.807, 2.05) is 65.7 Å². The number of nitrogens with one attached hydrogen (secondary N) is 1. The van der Waals surface area contributed by atoms with E-state index in [1.165, 1.54) is 0 Å². The highest BCUT2D eigenvalue weighted by Gasteiger charge is 2.11. The molecule has 25 heavy (non-hydrogen) atoms. The molecule has 0 spiro atoms. The summed E-state index contributed by atoms with van der Waals surface area (Å²) in [4.78, 5) is 13.4. The van der Waals surface area contributed by atoms with Crippen molar-refractivity contribution in [1.29, 1.82) is 0 Å². The van der Waals surface area contributed by atoms with Crippen molar-refractivity contribution in [2.45, 2.75) is 13.8 Å². The van der Waals surface area contributed by atoms with Gasteiger partial charge in [-0.1, -0.05) is 0 Å². The van der Waals surface area contributed by atoms with Gasteiger partial charge in [0.2, 0.25) is 5.88 Å². The van der Waals surface area contributed by atoms with Gasteiger partial charge in [-0.2, -0.15) is 4.98 Å². The number of pyridine rings is 2. The summed E-state index contributed by atoms with van der Waals surface area (Å²) in [7, 11) is 1.61. The van der Waals surface area contributed by atoms with Gasteiger partial charge in [-0.15, -0.1) is 0 Å². The molecule has 0 atom stereocenters. The predicted octanol–water partition coefficient (Wildman–Crippen LogP) is 3.28. The number of hydrogen-bond donors (Lipinski definition) is 1. The molecule has 4 heterocycles. The van der Waals surface area contributed by atoms with Gasteiger partial charge in [0.25, 0.3) is 0 Å². The number of nitrogens with zero attached hydrogens (tertiary/aromatic N) is 5. The van der Waals surface area contributed by atoms with Gasteiger partial charge in [0, 0.05) is 18.6 Å². The van der Waals surface area contributed by atoms with Crippen LogP contribution in [0, 0.1) is 13.8 Å². The van der Waals surface area contributed by atoms with Gasteiger partial charge in [0.15, 0.2) is 5.65 Å². The zero-order valence-corrected chi connectivity index (χ0v) is 14.3. The molecule has 0 saturated heterocycles. The molecule has 1 N–H and O–H groups in total. The lowest BCUT2D eigenvalue weighted by molar-refractivity contribution is 0.396. The Kier molecular flexibility index (Phi) is 3.61. The molecule has 0 amide bonds. The lowest BCUT2D eigenvalue weighted by Gasteiger charge is -2.12. The summed E-state index contributed by atoms with van der Waals surface area (Å²) in [6.45, 7) is 3.92. The quantitative estimate of drug-likeness (QED) is 0.620. The van der Waals surface area contributed by atoms with Crippen LogP contribution in [-0.4, -0.2) is 31.0 Å². The van der Waals surface area contributed by atoms with Crippen molar-refractivity contribution in [3.05, 3.63) is 60.6 Å². The molecule has 0 aliphatic rings. The highest BCUT2D eigenvalue weighted by molar-refractivity contribution is 5.73. The molecule has 7 heteroatoms. The first kappa shape index (κ1) is 15.2. The fraction of sp³-hybridized carbons (Fsp3) is 0.167. The van der Waals surface area contributed by atoms with E-state index in [9.17, 15) is 0 Å². The fourth-order valence-corrected chi connectivity index (χ4v) is 2.77. The highest BCUT2D eigenvalue weighted by atomic mass is 16.5. The minimum atomic E-state index is 0.522. The van der Waals surface area contributed by atoms with Crippen LogP contribution >= 0.6 is 0 Å². The van der Waals surface area contributed by atoms with Gasteiger partial charge in [-0.25, -0.2) is 9.97 Å². The molecule has 0 unspecified atom stereocenters. The smallest absolute Gasteiger partial charge is 0.240 e. The summed E-state index contributed by atoms with van der Waals surface area (Å²) < 4.78 is 9.33. The van der Waals surface area contributed by atoms with Gasteiger partial charge in [-0.3, -0.25) is 0 Å². The minimum absolute atomic E-state index is 0.522. The molecule has 7 nitrogen and oxygen atoms in total. The third-order valence-electron chi connectivity index (χ3n) is 3.89. The highest BCUT2D eigenvalue weighted by Crippen LogP contribution is 2.26. The van der Waals surface area contributed by atoms with Crippen LogP contribution in [0.15, 0.2) is 49.2 Å². The molecule has 126 valence electrons. The average Bonchev–Trinajstić information content (AvgIpc) is 3.20. The van der Waals surface area contributed by atoms with Crippen LogP contribution in [0.5, 0.6) is 5.88 Å². The van der Waals surface area contributed by atoms with Gasteiger partial charge in [0.05, 0.1) is 30.5 Å². The Hall–Kier alpha value is -3.35. The second kappa shape index (κ2) is 5.94. The molecule has 0 aliphatic carbocycles. The summed E-state index contributed by atoms with van der Waals surface area (Å²) in [6.07, 6.45) is 7.63. The lowest BCUT2D eigenvalue weighted by atomic mass is 10.3. The van der Waals surface area contributed by atoms with Crippen molar-refractivity contribution in [3.63, 3.8) is 0 Å². The van der Waals surface area contributed by atoms with Crippen molar-refractivity contribution in [2.75, 3.05) is 12.4 Å². The Labute approximate surface area is 145 Å². The Morgan fingerprint density at radius 1 is 1.04 bits per heavy atom. The Morgan fingerprint density at radius 3 is 2.68 bits per heavy atom. The molecular weight excluding hydrogens is 316 g/mol. The van der Waals surface area contributed by atoms with Crippen LogP contribution in [0.2, 0.25) is 0 Å². The second-order valence-electron chi connectivity index (χ2n) is 5.81. The van der Waals surface area contributed by atoms with Crippen LogP contribution in [-0.2, 0) is 0 Å². The molecule has 4 aromatic heterocycles. The molecule has 0 aliphatic heterocycles. The van der Waals surface area contributed by atoms with E-state index in [0.717, 1.165) is 28.4 Å². The Balaban J connectivity index is 1.71. The number of aryl methyl sites for hydroxylation is 2. The number of fused-ring (bicyclic) bond motifs is 1. The summed E-state index contributed by atoms with van der Waals surface area (Å²) in [5.41, 5.74) is 4.48. The largest absolute Gasteiger partial charge is 0.479 e. The molecule has 0 aromatic carbocycles. The Bertz CT molecular complexity index is 1050. The summed E-state index contributed by atoms with van der Waals surface area (Å²) in [5.74, 6) is 1.21. The van der Waals surface area contributed by atoms with Crippen molar-refractivity contribution in [1.82, 2.24) is 23.9 Å². The Morgan fingerprint density at radius 2 is 1.92 bits per heavy atom. The average molecular weight is 334 g/mol. The number of ether oxygens (including phenoxy) is 1. The predicted molar refractivity (Wildman–Crippen MR) is 95.9 cm³/mol. The van der Waals surface area contributed by atoms with Crippen molar-refractivity contribution in [3.8, 4) is 11.6 Å². The number of imidazole rings is 2. The van der Waals surface area contributed by atoms with E-state index < -0.39 is 0 Å². The van der Waals surface area contributed by atoms with Crippen molar-refractivity contribution < 1.29 is 4.74 Å². The van der Waals surface area contributed by atoms with E-state index in [2.05, 4.69) is 20.3 Å². The number of aromatic nitrogens is 5. The third-order valence-corrected chi connectivity index (χ3v) is 3.89. The van der Waals surface area contributed by atoms with Gasteiger partial charge >= 0.3 is 0 Å². The number of anilines is 2. The van der Waals surface area contributed by atoms with E-state index in [4.69, 9.17) is 4.74 Å². The number of rotatable bonds is 4. The minimum Gasteiger partial charge on any atom is -0.479 e. The molecule has 4 aromatic rings. The van der Waals surface area contributed by atoms with Gasteiger partial charge in [-0.05, 0) is 38.1 Å². The SMILES string of the molecule is COc1nc(Nc2cccn3cc(C)nc23)ccc1-n1cnc(C)c1. The van der Waals surface area contributed by atoms with Crippen LogP contribution in [0.25, 0.3) is 11.3 Å². The number of hydrogen-bond acceptors (Lipinski definition) is 5. The topological polar surface area (TPSA) is 69.3 Å². The molecule has 0 bridgehead atoms. The van der Waals surface area contributed by atoms with E-state index in [1.54, 1.807) is 13.4 Å². The second-order valence-corrected chi connectivity index (χ2v) is 5.81. The van der Waals surface area contributed by atoms with Gasteiger partial charge < -0.3 is 19.0 Å². The van der Waals surface area contributed by atoms with Crippen LogP contribution in [0.1, 0.15) is 11.4 Å². The first-order valence-electron chi connectivity index (χ1n) is 7.91. The van der Waals surface area contributed by atoms with Crippen LogP contribution in [0.3, 0.4) is 0 Å². The fourth-order valence-electron chi connectivity index (χ4n) is 2.77. The monoisotopic (exact) mass is 334 g/mol. The summed E-state index contributed by atoms with van der Waals surface area (Å²) >= 11 is 0. The zero-order valence-electron chi connectivity index (χ0n) is 14.3. The lowest BCUT2D eigenvalue weighted by Crippen LogP contribution is -2.02. The summed E-state index contributed by atoms with van der Waals surface area (Å²) in [6, 6.07) is 7.80. The maximum atomic E-state index is 5.46.